The molecule has 0 aliphatic rings. The molecule has 1 aromatic heterocycles. The molecule has 0 bridgehead atoms. The summed E-state index contributed by atoms with van der Waals surface area (Å²) in [6, 6.07) is 8.92. The van der Waals surface area contributed by atoms with Gasteiger partial charge in [-0.2, -0.15) is 0 Å². The lowest BCUT2D eigenvalue weighted by Crippen LogP contribution is -1.96. The lowest BCUT2D eigenvalue weighted by Gasteiger charge is -2.00. The Morgan fingerprint density at radius 1 is 1.18 bits per heavy atom. The van der Waals surface area contributed by atoms with Crippen molar-refractivity contribution in [3.8, 4) is 11.1 Å². The van der Waals surface area contributed by atoms with E-state index >= 15 is 0 Å². The van der Waals surface area contributed by atoms with Crippen LogP contribution in [0.3, 0.4) is 0 Å². The van der Waals surface area contributed by atoms with E-state index in [1.54, 1.807) is 23.5 Å². The summed E-state index contributed by atoms with van der Waals surface area (Å²) in [7, 11) is -3.12. The minimum Gasteiger partial charge on any atom is -0.326 e. The van der Waals surface area contributed by atoms with E-state index in [2.05, 4.69) is 0 Å². The van der Waals surface area contributed by atoms with Gasteiger partial charge in [0, 0.05) is 17.7 Å². The Labute approximate surface area is 105 Å². The summed E-state index contributed by atoms with van der Waals surface area (Å²) in [5.41, 5.74) is 7.64. The molecule has 17 heavy (non-hydrogen) atoms. The summed E-state index contributed by atoms with van der Waals surface area (Å²) >= 11 is 1.61. The van der Waals surface area contributed by atoms with Gasteiger partial charge < -0.3 is 5.73 Å². The average molecular weight is 267 g/mol. The molecule has 0 aliphatic heterocycles. The molecule has 1 heterocycles. The Bertz CT molecular complexity index is 612. The van der Waals surface area contributed by atoms with Crippen LogP contribution in [0.4, 0.5) is 0 Å². The minimum atomic E-state index is -3.12. The fraction of sp³-hybridized carbons (Fsp3) is 0.167. The second-order valence-electron chi connectivity index (χ2n) is 3.80. The monoisotopic (exact) mass is 267 g/mol. The molecule has 0 radical (unpaired) electrons. The topological polar surface area (TPSA) is 60.2 Å². The van der Waals surface area contributed by atoms with Crippen LogP contribution in [0.25, 0.3) is 11.1 Å². The molecule has 0 fully saturated rings. The SMILES string of the molecule is CS(=O)(=O)c1ccc(-c2csc(CN)c2)cc1. The summed E-state index contributed by atoms with van der Waals surface area (Å²) in [5, 5.41) is 2.03. The van der Waals surface area contributed by atoms with Crippen molar-refractivity contribution in [3.05, 3.63) is 40.6 Å². The van der Waals surface area contributed by atoms with E-state index in [0.29, 0.717) is 11.4 Å². The first kappa shape index (κ1) is 12.3. The molecule has 0 aliphatic carbocycles. The van der Waals surface area contributed by atoms with E-state index in [1.165, 1.54) is 6.26 Å². The van der Waals surface area contributed by atoms with Crippen molar-refractivity contribution in [2.45, 2.75) is 11.4 Å². The van der Waals surface area contributed by atoms with Gasteiger partial charge in [0.05, 0.1) is 4.90 Å². The van der Waals surface area contributed by atoms with E-state index < -0.39 is 9.84 Å². The van der Waals surface area contributed by atoms with Gasteiger partial charge in [-0.3, -0.25) is 0 Å². The van der Waals surface area contributed by atoms with Gasteiger partial charge in [0.2, 0.25) is 0 Å². The second kappa shape index (κ2) is 4.60. The number of benzene rings is 1. The van der Waals surface area contributed by atoms with Gasteiger partial charge in [0.25, 0.3) is 0 Å². The predicted molar refractivity (Wildman–Crippen MR) is 70.8 cm³/mol. The highest BCUT2D eigenvalue weighted by molar-refractivity contribution is 7.90. The van der Waals surface area contributed by atoms with Crippen LogP contribution in [0.5, 0.6) is 0 Å². The van der Waals surface area contributed by atoms with E-state index in [1.807, 2.05) is 23.6 Å². The number of hydrogen-bond acceptors (Lipinski definition) is 4. The number of thiophene rings is 1. The van der Waals surface area contributed by atoms with Crippen LogP contribution in [0.1, 0.15) is 4.88 Å². The fourth-order valence-corrected chi connectivity index (χ4v) is 2.94. The van der Waals surface area contributed by atoms with Crippen LogP contribution in [-0.4, -0.2) is 14.7 Å². The molecule has 0 saturated heterocycles. The van der Waals surface area contributed by atoms with Gasteiger partial charge in [0.1, 0.15) is 0 Å². The predicted octanol–water partition coefficient (Wildman–Crippen LogP) is 2.28. The number of nitrogens with two attached hydrogens (primary N) is 1. The first-order valence-electron chi connectivity index (χ1n) is 5.08. The van der Waals surface area contributed by atoms with Crippen LogP contribution in [0, 0.1) is 0 Å². The van der Waals surface area contributed by atoms with Crippen LogP contribution in [0.15, 0.2) is 40.6 Å². The van der Waals surface area contributed by atoms with E-state index in [9.17, 15) is 8.42 Å². The maximum atomic E-state index is 11.3. The Balaban J connectivity index is 2.35. The van der Waals surface area contributed by atoms with Crippen LogP contribution in [-0.2, 0) is 16.4 Å². The molecule has 2 N–H and O–H groups in total. The normalized spacial score (nSPS) is 11.6. The third-order valence-corrected chi connectivity index (χ3v) is 4.56. The quantitative estimate of drug-likeness (QED) is 0.928. The molecule has 0 saturated carbocycles. The molecule has 0 unspecified atom stereocenters. The Morgan fingerprint density at radius 2 is 1.82 bits per heavy atom. The van der Waals surface area contributed by atoms with E-state index in [0.717, 1.165) is 16.0 Å². The molecule has 3 nitrogen and oxygen atoms in total. The molecule has 2 rings (SSSR count). The maximum Gasteiger partial charge on any atom is 0.175 e. The van der Waals surface area contributed by atoms with Gasteiger partial charge in [-0.25, -0.2) is 8.42 Å². The average Bonchev–Trinajstić information content (AvgIpc) is 2.76. The Kier molecular flexibility index (Phi) is 3.33. The largest absolute Gasteiger partial charge is 0.326 e. The Morgan fingerprint density at radius 3 is 2.29 bits per heavy atom. The summed E-state index contributed by atoms with van der Waals surface area (Å²) in [6.45, 7) is 0.534. The molecule has 0 atom stereocenters. The molecular formula is C12H13NO2S2. The molecule has 5 heteroatoms. The van der Waals surface area contributed by atoms with Crippen LogP contribution < -0.4 is 5.73 Å². The summed E-state index contributed by atoms with van der Waals surface area (Å²) in [5.74, 6) is 0. The summed E-state index contributed by atoms with van der Waals surface area (Å²) in [6.07, 6.45) is 1.21. The highest BCUT2D eigenvalue weighted by atomic mass is 32.2. The first-order chi connectivity index (χ1) is 8.00. The van der Waals surface area contributed by atoms with Crippen LogP contribution >= 0.6 is 11.3 Å². The fourth-order valence-electron chi connectivity index (χ4n) is 1.53. The lowest BCUT2D eigenvalue weighted by molar-refractivity contribution is 0.602. The van der Waals surface area contributed by atoms with Crippen molar-refractivity contribution in [3.63, 3.8) is 0 Å². The van der Waals surface area contributed by atoms with Crippen molar-refractivity contribution >= 4 is 21.2 Å². The highest BCUT2D eigenvalue weighted by Crippen LogP contribution is 2.26. The molecule has 0 spiro atoms. The number of hydrogen-bond donors (Lipinski definition) is 1. The van der Waals surface area contributed by atoms with E-state index in [4.69, 9.17) is 5.73 Å². The third-order valence-electron chi connectivity index (χ3n) is 2.47. The first-order valence-corrected chi connectivity index (χ1v) is 7.86. The van der Waals surface area contributed by atoms with Gasteiger partial charge in [-0.15, -0.1) is 11.3 Å². The van der Waals surface area contributed by atoms with Crippen molar-refractivity contribution in [1.82, 2.24) is 0 Å². The van der Waals surface area contributed by atoms with Crippen LogP contribution in [0.2, 0.25) is 0 Å². The van der Waals surface area contributed by atoms with Gasteiger partial charge >= 0.3 is 0 Å². The summed E-state index contributed by atoms with van der Waals surface area (Å²) < 4.78 is 22.6. The van der Waals surface area contributed by atoms with Gasteiger partial charge in [0.15, 0.2) is 9.84 Å². The van der Waals surface area contributed by atoms with E-state index in [-0.39, 0.29) is 0 Å². The van der Waals surface area contributed by atoms with Gasteiger partial charge in [-0.05, 0) is 34.7 Å². The zero-order chi connectivity index (χ0) is 12.5. The minimum absolute atomic E-state index is 0.343. The zero-order valence-electron chi connectivity index (χ0n) is 9.38. The zero-order valence-corrected chi connectivity index (χ0v) is 11.0. The van der Waals surface area contributed by atoms with Crippen molar-refractivity contribution in [2.24, 2.45) is 5.73 Å². The van der Waals surface area contributed by atoms with Crippen molar-refractivity contribution in [2.75, 3.05) is 6.26 Å². The highest BCUT2D eigenvalue weighted by Gasteiger charge is 2.07. The molecule has 2 aromatic rings. The molecule has 1 aromatic carbocycles. The van der Waals surface area contributed by atoms with Crippen molar-refractivity contribution < 1.29 is 8.42 Å². The van der Waals surface area contributed by atoms with Gasteiger partial charge in [-0.1, -0.05) is 12.1 Å². The smallest absolute Gasteiger partial charge is 0.175 e. The summed E-state index contributed by atoms with van der Waals surface area (Å²) in [4.78, 5) is 1.46. The number of rotatable bonds is 3. The molecule has 0 amide bonds. The lowest BCUT2D eigenvalue weighted by atomic mass is 10.1. The van der Waals surface area contributed by atoms with Crippen molar-refractivity contribution in [1.29, 1.82) is 0 Å². The molecular weight excluding hydrogens is 254 g/mol. The molecule has 90 valence electrons. The number of sulfone groups is 1. The maximum absolute atomic E-state index is 11.3. The Hall–Kier alpha value is -1.17. The third kappa shape index (κ3) is 2.74. The second-order valence-corrected chi connectivity index (χ2v) is 6.81. The standard InChI is InChI=1S/C12H13NO2S2/c1-17(14,15)12-4-2-9(3-5-12)10-6-11(7-13)16-8-10/h2-6,8H,7,13H2,1H3.